The van der Waals surface area contributed by atoms with Gasteiger partial charge in [-0.05, 0) is 25.8 Å². The second kappa shape index (κ2) is 4.13. The summed E-state index contributed by atoms with van der Waals surface area (Å²) >= 11 is 0. The van der Waals surface area contributed by atoms with Crippen molar-refractivity contribution in [2.45, 2.75) is 44.2 Å². The molecule has 0 radical (unpaired) electrons. The predicted octanol–water partition coefficient (Wildman–Crippen LogP) is 1.46. The molecule has 4 nitrogen and oxygen atoms in total. The molecule has 102 valence electrons. The van der Waals surface area contributed by atoms with Gasteiger partial charge in [0.05, 0.1) is 23.7 Å². The Morgan fingerprint density at radius 3 is 2.68 bits per heavy atom. The van der Waals surface area contributed by atoms with Crippen LogP contribution in [0.3, 0.4) is 0 Å². The van der Waals surface area contributed by atoms with Crippen molar-refractivity contribution in [3.8, 4) is 0 Å². The van der Waals surface area contributed by atoms with E-state index in [1.54, 1.807) is 38.1 Å². The third kappa shape index (κ3) is 1.91. The molecule has 4 atom stereocenters. The molecule has 0 aromatic heterocycles. The summed E-state index contributed by atoms with van der Waals surface area (Å²) in [7, 11) is 0. The molecule has 1 aliphatic carbocycles. The highest BCUT2D eigenvalue weighted by Gasteiger charge is 2.51. The lowest BCUT2D eigenvalue weighted by Gasteiger charge is -2.30. The molecule has 1 heterocycles. The number of aliphatic hydroxyl groups excluding tert-OH is 1. The average molecular weight is 262 g/mol. The van der Waals surface area contributed by atoms with Crippen molar-refractivity contribution in [3.05, 3.63) is 35.4 Å². The Morgan fingerprint density at radius 1 is 1.32 bits per heavy atom. The molecule has 0 unspecified atom stereocenters. The Labute approximate surface area is 112 Å². The molecule has 3 rings (SSSR count). The van der Waals surface area contributed by atoms with Gasteiger partial charge in [-0.1, -0.05) is 24.3 Å². The van der Waals surface area contributed by atoms with Gasteiger partial charge in [-0.2, -0.15) is 0 Å². The second-order valence-corrected chi connectivity index (χ2v) is 5.98. The number of Topliss-reactive ketones (excluding diaryl/α,β-unsaturated/α-hetero) is 1. The fourth-order valence-corrected chi connectivity index (χ4v) is 3.07. The molecule has 4 heteroatoms. The maximum absolute atomic E-state index is 12.4. The van der Waals surface area contributed by atoms with Crippen molar-refractivity contribution in [2.24, 2.45) is 5.92 Å². The largest absolute Gasteiger partial charge is 0.388 e. The van der Waals surface area contributed by atoms with Crippen LogP contribution < -0.4 is 0 Å². The average Bonchev–Trinajstić information content (AvgIpc) is 2.81. The van der Waals surface area contributed by atoms with Gasteiger partial charge in [-0.15, -0.1) is 0 Å². The van der Waals surface area contributed by atoms with Crippen molar-refractivity contribution in [2.75, 3.05) is 0 Å². The van der Waals surface area contributed by atoms with E-state index in [4.69, 9.17) is 4.74 Å². The first kappa shape index (κ1) is 12.8. The smallest absolute Gasteiger partial charge is 0.169 e. The number of ketones is 1. The molecular formula is C15H18O4. The Balaban J connectivity index is 1.98. The SMILES string of the molecule is CC(C)(O)[C@@H]1C[C@@H]2C(=O)c3ccccc3[C@@H](O)[C@@H]2O1. The summed E-state index contributed by atoms with van der Waals surface area (Å²) < 4.78 is 5.75. The molecule has 1 aliphatic heterocycles. The summed E-state index contributed by atoms with van der Waals surface area (Å²) in [4.78, 5) is 12.4. The minimum Gasteiger partial charge on any atom is -0.388 e. The molecule has 1 fully saturated rings. The van der Waals surface area contributed by atoms with E-state index in [0.717, 1.165) is 0 Å². The minimum absolute atomic E-state index is 0.0117. The Hall–Kier alpha value is -1.23. The van der Waals surface area contributed by atoms with Gasteiger partial charge in [-0.25, -0.2) is 0 Å². The van der Waals surface area contributed by atoms with Gasteiger partial charge in [0.2, 0.25) is 0 Å². The van der Waals surface area contributed by atoms with Crippen LogP contribution in [0.15, 0.2) is 24.3 Å². The second-order valence-electron chi connectivity index (χ2n) is 5.98. The molecule has 2 N–H and O–H groups in total. The number of hydrogen-bond donors (Lipinski definition) is 2. The number of hydrogen-bond acceptors (Lipinski definition) is 4. The molecule has 1 saturated heterocycles. The third-order valence-corrected chi connectivity index (χ3v) is 4.17. The number of fused-ring (bicyclic) bond motifs is 2. The fourth-order valence-electron chi connectivity index (χ4n) is 3.07. The van der Waals surface area contributed by atoms with E-state index >= 15 is 0 Å². The van der Waals surface area contributed by atoms with Crippen molar-refractivity contribution in [1.82, 2.24) is 0 Å². The van der Waals surface area contributed by atoms with Gasteiger partial charge in [0.15, 0.2) is 5.78 Å². The highest BCUT2D eigenvalue weighted by Crippen LogP contribution is 2.44. The molecule has 2 aliphatic rings. The van der Waals surface area contributed by atoms with Crippen LogP contribution in [0, 0.1) is 5.92 Å². The number of aliphatic hydroxyl groups is 2. The van der Waals surface area contributed by atoms with Crippen LogP contribution >= 0.6 is 0 Å². The molecule has 19 heavy (non-hydrogen) atoms. The summed E-state index contributed by atoms with van der Waals surface area (Å²) in [6, 6.07) is 7.11. The summed E-state index contributed by atoms with van der Waals surface area (Å²) in [5, 5.41) is 20.4. The van der Waals surface area contributed by atoms with Gasteiger partial charge in [0, 0.05) is 5.56 Å². The molecular weight excluding hydrogens is 244 g/mol. The maximum Gasteiger partial charge on any atom is 0.169 e. The lowest BCUT2D eigenvalue weighted by atomic mass is 9.77. The monoisotopic (exact) mass is 262 g/mol. The number of ether oxygens (including phenoxy) is 1. The zero-order chi connectivity index (χ0) is 13.8. The quantitative estimate of drug-likeness (QED) is 0.804. The Kier molecular flexibility index (Phi) is 2.78. The first-order valence-electron chi connectivity index (χ1n) is 6.58. The van der Waals surface area contributed by atoms with E-state index in [2.05, 4.69) is 0 Å². The van der Waals surface area contributed by atoms with E-state index in [9.17, 15) is 15.0 Å². The highest BCUT2D eigenvalue weighted by molar-refractivity contribution is 6.01. The van der Waals surface area contributed by atoms with E-state index in [0.29, 0.717) is 17.5 Å². The molecule has 1 aromatic carbocycles. The number of carbonyl (C=O) groups excluding carboxylic acids is 1. The van der Waals surface area contributed by atoms with Crippen molar-refractivity contribution in [1.29, 1.82) is 0 Å². The van der Waals surface area contributed by atoms with Crippen molar-refractivity contribution >= 4 is 5.78 Å². The first-order valence-corrected chi connectivity index (χ1v) is 6.58. The van der Waals surface area contributed by atoms with E-state index in [1.807, 2.05) is 0 Å². The maximum atomic E-state index is 12.4. The predicted molar refractivity (Wildman–Crippen MR) is 68.8 cm³/mol. The molecule has 0 saturated carbocycles. The van der Waals surface area contributed by atoms with Crippen LogP contribution in [0.1, 0.15) is 42.3 Å². The van der Waals surface area contributed by atoms with Gasteiger partial charge in [0.1, 0.15) is 6.10 Å². The topological polar surface area (TPSA) is 66.8 Å². The van der Waals surface area contributed by atoms with Crippen molar-refractivity contribution < 1.29 is 19.7 Å². The zero-order valence-corrected chi connectivity index (χ0v) is 11.0. The first-order chi connectivity index (χ1) is 8.89. The number of rotatable bonds is 1. The molecule has 0 amide bonds. The molecule has 0 spiro atoms. The van der Waals surface area contributed by atoms with Gasteiger partial charge in [-0.3, -0.25) is 4.79 Å². The third-order valence-electron chi connectivity index (χ3n) is 4.17. The van der Waals surface area contributed by atoms with Crippen LogP contribution in [0.5, 0.6) is 0 Å². The summed E-state index contributed by atoms with van der Waals surface area (Å²) in [5.41, 5.74) is 0.199. The van der Waals surface area contributed by atoms with Gasteiger partial charge in [0.25, 0.3) is 0 Å². The van der Waals surface area contributed by atoms with Gasteiger partial charge >= 0.3 is 0 Å². The lowest BCUT2D eigenvalue weighted by Crippen LogP contribution is -2.37. The van der Waals surface area contributed by atoms with Crippen LogP contribution in [0.25, 0.3) is 0 Å². The number of benzene rings is 1. The van der Waals surface area contributed by atoms with Crippen LogP contribution in [-0.4, -0.2) is 33.8 Å². The van der Waals surface area contributed by atoms with Gasteiger partial charge < -0.3 is 14.9 Å². The van der Waals surface area contributed by atoms with Crippen molar-refractivity contribution in [3.63, 3.8) is 0 Å². The number of carbonyl (C=O) groups is 1. The normalized spacial score (nSPS) is 34.0. The standard InChI is InChI=1S/C15H18O4/c1-15(2,18)11-7-10-12(16)8-5-3-4-6-9(8)13(17)14(10)19-11/h3-6,10-11,13-14,17-18H,7H2,1-2H3/t10-,11+,13-,14-/m1/s1. The minimum atomic E-state index is -1.01. The van der Waals surface area contributed by atoms with E-state index < -0.39 is 23.9 Å². The fraction of sp³-hybridized carbons (Fsp3) is 0.533. The summed E-state index contributed by atoms with van der Waals surface area (Å²) in [6.07, 6.45) is -1.31. The lowest BCUT2D eigenvalue weighted by molar-refractivity contribution is -0.113. The zero-order valence-electron chi connectivity index (χ0n) is 11.0. The summed E-state index contributed by atoms with van der Waals surface area (Å²) in [6.45, 7) is 3.33. The van der Waals surface area contributed by atoms with E-state index in [1.165, 1.54) is 0 Å². The molecule has 0 bridgehead atoms. The Bertz CT molecular complexity index is 517. The van der Waals surface area contributed by atoms with Crippen LogP contribution in [0.4, 0.5) is 0 Å². The van der Waals surface area contributed by atoms with Crippen LogP contribution in [-0.2, 0) is 4.74 Å². The Morgan fingerprint density at radius 2 is 2.00 bits per heavy atom. The highest BCUT2D eigenvalue weighted by atomic mass is 16.5. The van der Waals surface area contributed by atoms with Crippen LogP contribution in [0.2, 0.25) is 0 Å². The molecule has 1 aromatic rings. The van der Waals surface area contributed by atoms with E-state index in [-0.39, 0.29) is 11.7 Å². The summed E-state index contributed by atoms with van der Waals surface area (Å²) in [5.74, 6) is -0.348.